The van der Waals surface area contributed by atoms with Crippen LogP contribution in [0.1, 0.15) is 5.56 Å². The molecule has 0 spiro atoms. The number of nitrogens with zero attached hydrogens (tertiary/aromatic N) is 2. The molecule has 3 rings (SSSR count). The number of nitrogens with one attached hydrogen (secondary N) is 2. The van der Waals surface area contributed by atoms with Crippen LogP contribution in [0.5, 0.6) is 0 Å². The van der Waals surface area contributed by atoms with E-state index in [1.54, 1.807) is 11.6 Å². The number of benzene rings is 1. The highest BCUT2D eigenvalue weighted by Gasteiger charge is 2.25. The number of sulfonamides is 1. The number of fused-ring (bicyclic) bond motifs is 1. The lowest BCUT2D eigenvalue weighted by molar-refractivity contribution is 0.546. The molecule has 0 aliphatic carbocycles. The number of hydrogen-bond acceptors (Lipinski definition) is 4. The summed E-state index contributed by atoms with van der Waals surface area (Å²) in [6.45, 7) is 0.572. The molecule has 2 aromatic rings. The fourth-order valence-electron chi connectivity index (χ4n) is 2.33. The Morgan fingerprint density at radius 3 is 2.95 bits per heavy atom. The van der Waals surface area contributed by atoms with Crippen LogP contribution in [0, 0.1) is 0 Å². The van der Waals surface area contributed by atoms with E-state index in [1.807, 2.05) is 24.3 Å². The van der Waals surface area contributed by atoms with Gasteiger partial charge in [0.05, 0.1) is 6.33 Å². The van der Waals surface area contributed by atoms with Crippen LogP contribution in [0.15, 0.2) is 41.8 Å². The molecule has 0 fully saturated rings. The lowest BCUT2D eigenvalue weighted by atomic mass is 10.0. The molecule has 1 aromatic carbocycles. The van der Waals surface area contributed by atoms with Crippen molar-refractivity contribution in [3.05, 3.63) is 42.4 Å². The first kappa shape index (κ1) is 13.1. The molecule has 1 aromatic heterocycles. The van der Waals surface area contributed by atoms with Crippen molar-refractivity contribution in [3.63, 3.8) is 0 Å². The van der Waals surface area contributed by atoms with Gasteiger partial charge in [0.1, 0.15) is 0 Å². The summed E-state index contributed by atoms with van der Waals surface area (Å²) in [6, 6.07) is 7.75. The van der Waals surface area contributed by atoms with Gasteiger partial charge in [0, 0.05) is 31.5 Å². The molecule has 0 radical (unpaired) electrons. The van der Waals surface area contributed by atoms with Crippen molar-refractivity contribution in [2.75, 3.05) is 11.9 Å². The minimum atomic E-state index is -3.56. The topological polar surface area (TPSA) is 76.0 Å². The van der Waals surface area contributed by atoms with E-state index in [9.17, 15) is 8.42 Å². The summed E-state index contributed by atoms with van der Waals surface area (Å²) in [4.78, 5) is 3.89. The second kappa shape index (κ2) is 4.92. The molecule has 0 amide bonds. The van der Waals surface area contributed by atoms with Crippen LogP contribution >= 0.6 is 0 Å². The molecule has 20 heavy (non-hydrogen) atoms. The molecule has 106 valence electrons. The Morgan fingerprint density at radius 1 is 1.40 bits per heavy atom. The van der Waals surface area contributed by atoms with Crippen LogP contribution in [0.25, 0.3) is 0 Å². The summed E-state index contributed by atoms with van der Waals surface area (Å²) in [5.41, 5.74) is 2.19. The maximum absolute atomic E-state index is 12.2. The zero-order valence-corrected chi connectivity index (χ0v) is 11.9. The third kappa shape index (κ3) is 2.54. The highest BCUT2D eigenvalue weighted by molar-refractivity contribution is 7.89. The van der Waals surface area contributed by atoms with Crippen molar-refractivity contribution >= 4 is 15.7 Å². The molecular weight excluding hydrogens is 276 g/mol. The lowest BCUT2D eigenvalue weighted by Gasteiger charge is -2.26. The number of imidazole rings is 1. The molecular formula is C13H16N4O2S. The predicted molar refractivity (Wildman–Crippen MR) is 76.0 cm³/mol. The first-order valence-electron chi connectivity index (χ1n) is 6.37. The molecule has 2 heterocycles. The van der Waals surface area contributed by atoms with E-state index in [4.69, 9.17) is 0 Å². The molecule has 0 saturated carbocycles. The summed E-state index contributed by atoms with van der Waals surface area (Å²) in [7, 11) is -1.82. The Bertz CT molecular complexity index is 723. The van der Waals surface area contributed by atoms with Gasteiger partial charge in [-0.2, -0.15) is 0 Å². The van der Waals surface area contributed by atoms with Crippen LogP contribution in [-0.4, -0.2) is 30.6 Å². The lowest BCUT2D eigenvalue weighted by Crippen LogP contribution is -2.43. The zero-order chi connectivity index (χ0) is 14.2. The zero-order valence-electron chi connectivity index (χ0n) is 11.1. The average molecular weight is 292 g/mol. The fraction of sp³-hybridized carbons (Fsp3) is 0.308. The summed E-state index contributed by atoms with van der Waals surface area (Å²) in [6.07, 6.45) is 3.64. The van der Waals surface area contributed by atoms with Crippen molar-refractivity contribution in [1.82, 2.24) is 14.3 Å². The number of anilines is 1. The Kier molecular flexibility index (Phi) is 3.23. The van der Waals surface area contributed by atoms with Gasteiger partial charge in [-0.25, -0.2) is 18.1 Å². The van der Waals surface area contributed by atoms with E-state index in [1.165, 1.54) is 12.5 Å². The molecule has 0 bridgehead atoms. The van der Waals surface area contributed by atoms with E-state index < -0.39 is 10.0 Å². The van der Waals surface area contributed by atoms with Crippen LogP contribution < -0.4 is 10.0 Å². The smallest absolute Gasteiger partial charge is 0.259 e. The quantitative estimate of drug-likeness (QED) is 0.874. The molecule has 7 heteroatoms. The van der Waals surface area contributed by atoms with Crippen molar-refractivity contribution < 1.29 is 8.42 Å². The largest absolute Gasteiger partial charge is 0.383 e. The normalized spacial score (nSPS) is 18.4. The van der Waals surface area contributed by atoms with Gasteiger partial charge < -0.3 is 9.88 Å². The second-order valence-electron chi connectivity index (χ2n) is 4.94. The van der Waals surface area contributed by atoms with E-state index in [-0.39, 0.29) is 11.1 Å². The van der Waals surface area contributed by atoms with E-state index in [2.05, 4.69) is 15.0 Å². The number of aromatic nitrogens is 2. The van der Waals surface area contributed by atoms with Gasteiger partial charge in [0.2, 0.25) is 0 Å². The molecule has 1 aliphatic heterocycles. The Labute approximate surface area is 117 Å². The van der Waals surface area contributed by atoms with Gasteiger partial charge in [0.25, 0.3) is 10.0 Å². The third-order valence-corrected chi connectivity index (χ3v) is 4.71. The highest BCUT2D eigenvalue weighted by Crippen LogP contribution is 2.21. The first-order valence-corrected chi connectivity index (χ1v) is 7.85. The summed E-state index contributed by atoms with van der Waals surface area (Å²) < 4.78 is 28.7. The maximum Gasteiger partial charge on any atom is 0.259 e. The molecule has 2 N–H and O–H groups in total. The Morgan fingerprint density at radius 2 is 2.20 bits per heavy atom. The standard InChI is InChI=1S/C13H16N4O2S/c1-17-8-13(15-9-17)20(18,19)16-11-6-10-4-2-3-5-12(10)14-7-11/h2-5,8-9,11,14,16H,6-7H2,1H3. The summed E-state index contributed by atoms with van der Waals surface area (Å²) in [5, 5.41) is 3.29. The molecule has 1 aliphatic rings. The van der Waals surface area contributed by atoms with Crippen molar-refractivity contribution in [2.45, 2.75) is 17.5 Å². The second-order valence-corrected chi connectivity index (χ2v) is 6.60. The van der Waals surface area contributed by atoms with Gasteiger partial charge in [-0.05, 0) is 18.1 Å². The number of para-hydroxylation sites is 1. The molecule has 0 saturated heterocycles. The van der Waals surface area contributed by atoms with Crippen molar-refractivity contribution in [3.8, 4) is 0 Å². The maximum atomic E-state index is 12.2. The number of aryl methyl sites for hydroxylation is 1. The van der Waals surface area contributed by atoms with E-state index in [0.717, 1.165) is 11.3 Å². The fourth-order valence-corrected chi connectivity index (χ4v) is 3.55. The van der Waals surface area contributed by atoms with Crippen LogP contribution in [0.3, 0.4) is 0 Å². The number of hydrogen-bond donors (Lipinski definition) is 2. The summed E-state index contributed by atoms with van der Waals surface area (Å²) in [5.74, 6) is 0. The minimum absolute atomic E-state index is 0.0545. The summed E-state index contributed by atoms with van der Waals surface area (Å²) >= 11 is 0. The SMILES string of the molecule is Cn1cnc(S(=O)(=O)NC2CNc3ccccc3C2)c1. The van der Waals surface area contributed by atoms with Gasteiger partial charge in [0.15, 0.2) is 5.03 Å². The van der Waals surface area contributed by atoms with Gasteiger partial charge in [-0.15, -0.1) is 0 Å². The first-order chi connectivity index (χ1) is 9.54. The van der Waals surface area contributed by atoms with Crippen LogP contribution in [0.4, 0.5) is 5.69 Å². The molecule has 6 nitrogen and oxygen atoms in total. The third-order valence-electron chi connectivity index (χ3n) is 3.30. The Hall–Kier alpha value is -1.86. The number of rotatable bonds is 3. The van der Waals surface area contributed by atoms with Crippen LogP contribution in [-0.2, 0) is 23.5 Å². The highest BCUT2D eigenvalue weighted by atomic mass is 32.2. The van der Waals surface area contributed by atoms with Crippen LogP contribution in [0.2, 0.25) is 0 Å². The van der Waals surface area contributed by atoms with Gasteiger partial charge in [-0.3, -0.25) is 0 Å². The average Bonchev–Trinajstić information content (AvgIpc) is 2.86. The van der Waals surface area contributed by atoms with E-state index in [0.29, 0.717) is 13.0 Å². The molecule has 1 unspecified atom stereocenters. The molecule has 1 atom stereocenters. The minimum Gasteiger partial charge on any atom is -0.383 e. The van der Waals surface area contributed by atoms with Crippen molar-refractivity contribution in [2.24, 2.45) is 7.05 Å². The predicted octanol–water partition coefficient (Wildman–Crippen LogP) is 0.735. The Balaban J connectivity index is 1.77. The van der Waals surface area contributed by atoms with E-state index >= 15 is 0 Å². The monoisotopic (exact) mass is 292 g/mol. The van der Waals surface area contributed by atoms with Crippen molar-refractivity contribution in [1.29, 1.82) is 0 Å². The van der Waals surface area contributed by atoms with Gasteiger partial charge in [-0.1, -0.05) is 18.2 Å². The van der Waals surface area contributed by atoms with Gasteiger partial charge >= 0.3 is 0 Å².